The van der Waals surface area contributed by atoms with Gasteiger partial charge in [0, 0.05) is 11.5 Å². The zero-order chi connectivity index (χ0) is 19.6. The second-order valence-corrected chi connectivity index (χ2v) is 5.84. The van der Waals surface area contributed by atoms with Gasteiger partial charge in [0.05, 0.1) is 5.69 Å². The van der Waals surface area contributed by atoms with E-state index in [1.165, 1.54) is 13.0 Å². The number of carbonyl (C=O) groups is 2. The number of ether oxygens (including phenoxy) is 1. The van der Waals surface area contributed by atoms with Crippen molar-refractivity contribution < 1.29 is 28.2 Å². The fraction of sp³-hybridized carbons (Fsp3) is 0.100. The number of phenolic OH excluding ortho intramolecular Hbond substituents is 1. The van der Waals surface area contributed by atoms with E-state index in [4.69, 9.17) is 4.74 Å². The molecule has 0 spiro atoms. The van der Waals surface area contributed by atoms with Crippen molar-refractivity contribution in [3.8, 4) is 5.75 Å². The largest absolute Gasteiger partial charge is 0.506 e. The first-order chi connectivity index (χ1) is 12.9. The molecule has 5 nitrogen and oxygen atoms in total. The molecular weight excluding hydrogens is 356 g/mol. The standard InChI is InChI=1S/C20H15F2NO4/c1-11(19(25)23-17-9-7-13(21)10-16(17)22)27-20(26)15-8-6-12-4-2-3-5-14(12)18(15)24/h2-11,24H,1H3,(H,23,25)/t11-/m0/s1. The summed E-state index contributed by atoms with van der Waals surface area (Å²) >= 11 is 0. The Hall–Kier alpha value is -3.48. The Bertz CT molecular complexity index is 1040. The van der Waals surface area contributed by atoms with E-state index in [1.54, 1.807) is 30.3 Å². The van der Waals surface area contributed by atoms with Crippen LogP contribution in [-0.4, -0.2) is 23.1 Å². The third-order valence-electron chi connectivity index (χ3n) is 3.96. The predicted octanol–water partition coefficient (Wildman–Crippen LogP) is 4.01. The molecule has 0 aliphatic carbocycles. The lowest BCUT2D eigenvalue weighted by Crippen LogP contribution is -2.30. The third-order valence-corrected chi connectivity index (χ3v) is 3.96. The van der Waals surface area contributed by atoms with Crippen molar-refractivity contribution >= 4 is 28.3 Å². The first kappa shape index (κ1) is 18.3. The molecule has 3 aromatic carbocycles. The number of rotatable bonds is 4. The second-order valence-electron chi connectivity index (χ2n) is 5.84. The van der Waals surface area contributed by atoms with Crippen molar-refractivity contribution in [1.82, 2.24) is 0 Å². The van der Waals surface area contributed by atoms with Crippen LogP contribution >= 0.6 is 0 Å². The van der Waals surface area contributed by atoms with Gasteiger partial charge in [-0.05, 0) is 30.5 Å². The van der Waals surface area contributed by atoms with Gasteiger partial charge in [-0.25, -0.2) is 13.6 Å². The molecule has 0 saturated carbocycles. The maximum absolute atomic E-state index is 13.6. The van der Waals surface area contributed by atoms with Crippen LogP contribution in [0.3, 0.4) is 0 Å². The Labute approximate surface area is 153 Å². The molecule has 0 aliphatic rings. The molecule has 7 heteroatoms. The number of anilines is 1. The predicted molar refractivity (Wildman–Crippen MR) is 95.5 cm³/mol. The lowest BCUT2D eigenvalue weighted by molar-refractivity contribution is -0.123. The molecule has 2 N–H and O–H groups in total. The highest BCUT2D eigenvalue weighted by Gasteiger charge is 2.22. The number of esters is 1. The van der Waals surface area contributed by atoms with Crippen LogP contribution in [0.25, 0.3) is 10.8 Å². The number of phenols is 1. The number of halogens is 2. The summed E-state index contributed by atoms with van der Waals surface area (Å²) in [5.41, 5.74) is -0.334. The summed E-state index contributed by atoms with van der Waals surface area (Å²) in [7, 11) is 0. The number of benzene rings is 3. The van der Waals surface area contributed by atoms with E-state index in [1.807, 2.05) is 0 Å². The van der Waals surface area contributed by atoms with E-state index in [2.05, 4.69) is 5.32 Å². The van der Waals surface area contributed by atoms with Gasteiger partial charge < -0.3 is 15.2 Å². The van der Waals surface area contributed by atoms with Crippen LogP contribution in [0.1, 0.15) is 17.3 Å². The molecule has 0 fully saturated rings. The van der Waals surface area contributed by atoms with Crippen LogP contribution in [-0.2, 0) is 9.53 Å². The smallest absolute Gasteiger partial charge is 0.342 e. The lowest BCUT2D eigenvalue weighted by atomic mass is 10.1. The fourth-order valence-corrected chi connectivity index (χ4v) is 2.52. The molecule has 0 bridgehead atoms. The van der Waals surface area contributed by atoms with E-state index >= 15 is 0 Å². The highest BCUT2D eigenvalue weighted by molar-refractivity contribution is 6.02. The van der Waals surface area contributed by atoms with Crippen molar-refractivity contribution in [2.45, 2.75) is 13.0 Å². The van der Waals surface area contributed by atoms with Crippen LogP contribution in [0.5, 0.6) is 5.75 Å². The zero-order valence-electron chi connectivity index (χ0n) is 14.2. The van der Waals surface area contributed by atoms with Crippen LogP contribution in [0.2, 0.25) is 0 Å². The van der Waals surface area contributed by atoms with Gasteiger partial charge in [-0.3, -0.25) is 4.79 Å². The lowest BCUT2D eigenvalue weighted by Gasteiger charge is -2.15. The van der Waals surface area contributed by atoms with E-state index in [0.29, 0.717) is 11.5 Å². The van der Waals surface area contributed by atoms with Gasteiger partial charge >= 0.3 is 5.97 Å². The first-order valence-electron chi connectivity index (χ1n) is 8.04. The Morgan fingerprint density at radius 3 is 2.56 bits per heavy atom. The van der Waals surface area contributed by atoms with Crippen LogP contribution in [0.15, 0.2) is 54.6 Å². The van der Waals surface area contributed by atoms with Gasteiger partial charge in [0.1, 0.15) is 22.9 Å². The topological polar surface area (TPSA) is 75.6 Å². The molecule has 1 atom stereocenters. The molecule has 0 aliphatic heterocycles. The highest BCUT2D eigenvalue weighted by atomic mass is 19.1. The molecule has 0 unspecified atom stereocenters. The summed E-state index contributed by atoms with van der Waals surface area (Å²) < 4.78 is 31.6. The zero-order valence-corrected chi connectivity index (χ0v) is 14.2. The molecule has 0 saturated heterocycles. The number of fused-ring (bicyclic) bond motifs is 1. The summed E-state index contributed by atoms with van der Waals surface area (Å²) in [6.07, 6.45) is -1.27. The number of amides is 1. The minimum Gasteiger partial charge on any atom is -0.506 e. The Balaban J connectivity index is 1.73. The van der Waals surface area contributed by atoms with E-state index in [9.17, 15) is 23.5 Å². The van der Waals surface area contributed by atoms with Gasteiger partial charge in [-0.15, -0.1) is 0 Å². The van der Waals surface area contributed by atoms with Crippen molar-refractivity contribution in [3.63, 3.8) is 0 Å². The summed E-state index contributed by atoms with van der Waals surface area (Å²) in [5.74, 6) is -3.68. The SMILES string of the molecule is C[C@H](OC(=O)c1ccc2ccccc2c1O)C(=O)Nc1ccc(F)cc1F. The maximum atomic E-state index is 13.6. The molecule has 3 aromatic rings. The molecule has 0 radical (unpaired) electrons. The first-order valence-corrected chi connectivity index (χ1v) is 8.04. The number of nitrogens with one attached hydrogen (secondary N) is 1. The van der Waals surface area contributed by atoms with Gasteiger partial charge in [-0.2, -0.15) is 0 Å². The Kier molecular flexibility index (Phi) is 5.03. The minimum absolute atomic E-state index is 0.0960. The van der Waals surface area contributed by atoms with Gasteiger partial charge in [0.15, 0.2) is 6.10 Å². The van der Waals surface area contributed by atoms with Crippen molar-refractivity contribution in [2.75, 3.05) is 5.32 Å². The third kappa shape index (κ3) is 3.87. The van der Waals surface area contributed by atoms with E-state index in [-0.39, 0.29) is 17.0 Å². The molecular formula is C20H15F2NO4. The van der Waals surface area contributed by atoms with Gasteiger partial charge in [-0.1, -0.05) is 30.3 Å². The fourth-order valence-electron chi connectivity index (χ4n) is 2.52. The second kappa shape index (κ2) is 7.41. The van der Waals surface area contributed by atoms with Crippen LogP contribution in [0.4, 0.5) is 14.5 Å². The monoisotopic (exact) mass is 371 g/mol. The van der Waals surface area contributed by atoms with Crippen molar-refractivity contribution in [3.05, 3.63) is 71.8 Å². The summed E-state index contributed by atoms with van der Waals surface area (Å²) in [6, 6.07) is 12.6. The molecule has 1 amide bonds. The average Bonchev–Trinajstić information content (AvgIpc) is 2.64. The molecule has 138 valence electrons. The molecule has 27 heavy (non-hydrogen) atoms. The van der Waals surface area contributed by atoms with Gasteiger partial charge in [0.25, 0.3) is 5.91 Å². The van der Waals surface area contributed by atoms with E-state index < -0.39 is 29.6 Å². The molecule has 0 heterocycles. The van der Waals surface area contributed by atoms with Gasteiger partial charge in [0.2, 0.25) is 0 Å². The Morgan fingerprint density at radius 2 is 1.81 bits per heavy atom. The normalized spacial score (nSPS) is 11.8. The summed E-state index contributed by atoms with van der Waals surface area (Å²) in [5, 5.41) is 13.7. The number of hydrogen-bond acceptors (Lipinski definition) is 4. The van der Waals surface area contributed by atoms with Crippen molar-refractivity contribution in [1.29, 1.82) is 0 Å². The molecule has 3 rings (SSSR count). The highest BCUT2D eigenvalue weighted by Crippen LogP contribution is 2.29. The minimum atomic E-state index is -1.27. The number of aromatic hydroxyl groups is 1. The number of hydrogen-bond donors (Lipinski definition) is 2. The maximum Gasteiger partial charge on any atom is 0.342 e. The van der Waals surface area contributed by atoms with E-state index in [0.717, 1.165) is 17.5 Å². The summed E-state index contributed by atoms with van der Waals surface area (Å²) in [6.45, 7) is 1.30. The van der Waals surface area contributed by atoms with Crippen LogP contribution < -0.4 is 5.32 Å². The average molecular weight is 371 g/mol. The van der Waals surface area contributed by atoms with Crippen LogP contribution in [0, 0.1) is 11.6 Å². The summed E-state index contributed by atoms with van der Waals surface area (Å²) in [4.78, 5) is 24.4. The number of carbonyl (C=O) groups excluding carboxylic acids is 2. The quantitative estimate of drug-likeness (QED) is 0.680. The van der Waals surface area contributed by atoms with Crippen molar-refractivity contribution in [2.24, 2.45) is 0 Å². The Morgan fingerprint density at radius 1 is 1.07 bits per heavy atom. The molecule has 0 aromatic heterocycles.